The van der Waals surface area contributed by atoms with Crippen molar-refractivity contribution >= 4 is 33.1 Å². The summed E-state index contributed by atoms with van der Waals surface area (Å²) in [7, 11) is 0. The van der Waals surface area contributed by atoms with Crippen LogP contribution in [0.2, 0.25) is 8.87 Å². The maximum atomic E-state index is 11.5. The number of aliphatic hydroxyl groups is 1. The molecule has 0 aliphatic heterocycles. The molecule has 6 heteroatoms. The summed E-state index contributed by atoms with van der Waals surface area (Å²) in [5.74, 6) is -5.09. The van der Waals surface area contributed by atoms with Gasteiger partial charge < -0.3 is 24.9 Å². The van der Waals surface area contributed by atoms with Crippen LogP contribution in [0.1, 0.15) is 76.3 Å². The molecule has 0 amide bonds. The van der Waals surface area contributed by atoms with Gasteiger partial charge in [-0.25, -0.2) is 0 Å². The first kappa shape index (κ1) is 32.2. The van der Waals surface area contributed by atoms with Gasteiger partial charge in [-0.05, 0) is 17.5 Å². The number of unbranched alkanes of at least 4 members (excludes halogenated alkanes) is 6. The second-order valence-corrected chi connectivity index (χ2v) is 13.6. The van der Waals surface area contributed by atoms with Crippen LogP contribution in [0.25, 0.3) is 0 Å². The van der Waals surface area contributed by atoms with Crippen LogP contribution in [-0.2, 0) is 22.4 Å². The number of benzene rings is 2. The van der Waals surface area contributed by atoms with E-state index in [-0.39, 0.29) is 34.0 Å². The molecule has 2 aromatic carbocycles. The van der Waals surface area contributed by atoms with Crippen molar-refractivity contribution in [3.8, 4) is 0 Å². The minimum atomic E-state index is -2.56. The molecule has 0 radical (unpaired) electrons. The number of hydrogen-bond donors (Lipinski definition) is 1. The van der Waals surface area contributed by atoms with E-state index in [4.69, 9.17) is 0 Å². The molecule has 196 valence electrons. The van der Waals surface area contributed by atoms with Crippen LogP contribution < -0.4 is 10.2 Å². The average Bonchev–Trinajstić information content (AvgIpc) is 2.87. The molecule has 2 atom stereocenters. The monoisotopic (exact) mass is 602 g/mol. The Labute approximate surface area is 227 Å². The van der Waals surface area contributed by atoms with Gasteiger partial charge in [-0.3, -0.25) is 0 Å². The van der Waals surface area contributed by atoms with E-state index in [1.807, 2.05) is 0 Å². The quantitative estimate of drug-likeness (QED) is 0.218. The molecule has 0 aliphatic carbocycles. The Balaban J connectivity index is 0.000000426. The van der Waals surface area contributed by atoms with Crippen LogP contribution in [0.5, 0.6) is 0 Å². The van der Waals surface area contributed by atoms with Gasteiger partial charge in [-0.1, -0.05) is 60.7 Å². The van der Waals surface area contributed by atoms with Gasteiger partial charge in [0.25, 0.3) is 0 Å². The van der Waals surface area contributed by atoms with Crippen molar-refractivity contribution < 1.29 is 24.9 Å². The van der Waals surface area contributed by atoms with Crippen molar-refractivity contribution in [1.82, 2.24) is 0 Å². The molecule has 1 N–H and O–H groups in total. The van der Waals surface area contributed by atoms with Crippen molar-refractivity contribution in [1.29, 1.82) is 0 Å². The summed E-state index contributed by atoms with van der Waals surface area (Å²) in [6.07, 6.45) is 11.3. The number of carboxylic acid groups (broad SMARTS) is 2. The summed E-state index contributed by atoms with van der Waals surface area (Å²) in [4.78, 5) is 23.0. The summed E-state index contributed by atoms with van der Waals surface area (Å²) < 4.78 is 3.30. The second kappa shape index (κ2) is 19.3. The summed E-state index contributed by atoms with van der Waals surface area (Å²) >= 11 is 0.104. The van der Waals surface area contributed by atoms with Gasteiger partial charge in [0.05, 0.1) is 5.97 Å². The third-order valence-electron chi connectivity index (χ3n) is 6.23. The van der Waals surface area contributed by atoms with Crippen LogP contribution in [0.3, 0.4) is 0 Å². The van der Waals surface area contributed by atoms with E-state index in [2.05, 4.69) is 13.8 Å². The summed E-state index contributed by atoms with van der Waals surface area (Å²) in [6.45, 7) is 4.59. The summed E-state index contributed by atoms with van der Waals surface area (Å²) in [5, 5.41) is 33.5. The Morgan fingerprint density at radius 2 is 1.25 bits per heavy atom. The Morgan fingerprint density at radius 1 is 0.778 bits per heavy atom. The normalized spacial score (nSPS) is 13.0. The fourth-order valence-electron chi connectivity index (χ4n) is 4.02. The number of carboxylic acids is 2. The molecule has 2 rings (SSSR count). The zero-order chi connectivity index (χ0) is 26.7. The zero-order valence-corrected chi connectivity index (χ0v) is 24.8. The molecular weight excluding hydrogens is 559 g/mol. The van der Waals surface area contributed by atoms with E-state index in [9.17, 15) is 24.9 Å². The van der Waals surface area contributed by atoms with Crippen molar-refractivity contribution in [3.05, 3.63) is 71.8 Å². The molecule has 0 fully saturated rings. The van der Waals surface area contributed by atoms with E-state index < -0.39 is 23.5 Å². The van der Waals surface area contributed by atoms with Crippen LogP contribution in [0.15, 0.2) is 60.7 Å². The van der Waals surface area contributed by atoms with Crippen molar-refractivity contribution in [2.24, 2.45) is 5.92 Å². The Hall–Kier alpha value is -1.86. The summed E-state index contributed by atoms with van der Waals surface area (Å²) in [6, 6.07) is 16.8. The van der Waals surface area contributed by atoms with Crippen LogP contribution in [0, 0.1) is 5.92 Å². The SMILES string of the molecule is CCCCC[CH2][Sn+2][CH2]CCCCC.O=C([O-])C(Cc1ccccc1)C(O)(Cc1ccccc1)C(=O)[O-]. The third-order valence-corrected chi connectivity index (χ3v) is 10.3. The number of rotatable bonds is 17. The van der Waals surface area contributed by atoms with E-state index in [0.29, 0.717) is 11.1 Å². The fourth-order valence-corrected chi connectivity index (χ4v) is 7.59. The largest absolute Gasteiger partial charge is 0.550 e. The molecule has 0 heterocycles. The van der Waals surface area contributed by atoms with Crippen molar-refractivity contribution in [2.75, 3.05) is 0 Å². The first-order valence-corrected chi connectivity index (χ1v) is 17.3. The predicted octanol–water partition coefficient (Wildman–Crippen LogP) is 4.01. The zero-order valence-electron chi connectivity index (χ0n) is 21.9. The summed E-state index contributed by atoms with van der Waals surface area (Å²) in [5.41, 5.74) is -1.47. The number of hydrogen-bond acceptors (Lipinski definition) is 5. The van der Waals surface area contributed by atoms with E-state index >= 15 is 0 Å². The molecule has 0 spiro atoms. The third kappa shape index (κ3) is 12.9. The minimum Gasteiger partial charge on any atom is -0.550 e. The van der Waals surface area contributed by atoms with Gasteiger partial charge in [0, 0.05) is 18.3 Å². The number of carbonyl (C=O) groups is 2. The molecular formula is C30H42O5Sn. The maximum absolute atomic E-state index is 11.5. The van der Waals surface area contributed by atoms with Gasteiger partial charge in [-0.2, -0.15) is 0 Å². The van der Waals surface area contributed by atoms with Gasteiger partial charge in [0.2, 0.25) is 0 Å². The van der Waals surface area contributed by atoms with Gasteiger partial charge in [0.1, 0.15) is 5.60 Å². The topological polar surface area (TPSA) is 100 Å². The van der Waals surface area contributed by atoms with E-state index in [1.54, 1.807) is 82.4 Å². The first-order valence-electron chi connectivity index (χ1n) is 13.3. The van der Waals surface area contributed by atoms with E-state index in [0.717, 1.165) is 0 Å². The molecule has 0 aliphatic rings. The molecule has 2 aromatic rings. The van der Waals surface area contributed by atoms with Crippen LogP contribution in [0.4, 0.5) is 0 Å². The van der Waals surface area contributed by atoms with Gasteiger partial charge in [-0.15, -0.1) is 0 Å². The first-order chi connectivity index (χ1) is 17.3. The Bertz CT molecular complexity index is 833. The fraction of sp³-hybridized carbons (Fsp3) is 0.533. The second-order valence-electron chi connectivity index (χ2n) is 9.31. The molecule has 0 aromatic heterocycles. The van der Waals surface area contributed by atoms with Gasteiger partial charge >= 0.3 is 95.2 Å². The molecule has 2 unspecified atom stereocenters. The minimum absolute atomic E-state index is 0.104. The average molecular weight is 601 g/mol. The number of aliphatic carboxylic acids is 2. The molecule has 36 heavy (non-hydrogen) atoms. The molecule has 0 saturated heterocycles. The Kier molecular flexibility index (Phi) is 17.2. The van der Waals surface area contributed by atoms with Crippen LogP contribution >= 0.6 is 0 Å². The molecule has 0 bridgehead atoms. The predicted molar refractivity (Wildman–Crippen MR) is 142 cm³/mol. The van der Waals surface area contributed by atoms with Crippen molar-refractivity contribution in [3.63, 3.8) is 0 Å². The maximum Gasteiger partial charge on any atom is 0.116 e. The van der Waals surface area contributed by atoms with Crippen molar-refractivity contribution in [2.45, 2.75) is 92.5 Å². The standard InChI is InChI=1S/C18H18O5.2C6H13.Sn/c19-16(20)15(11-13-7-3-1-4-8-13)18(23,17(21)22)12-14-9-5-2-6-10-14;2*1-3-5-6-4-2;/h1-10,15,23H,11-12H2,(H,19,20)(H,21,22);2*1,3-6H2,2H3;/q;;;+2/p-2. The molecule has 5 nitrogen and oxygen atoms in total. The Morgan fingerprint density at radius 3 is 1.67 bits per heavy atom. The van der Waals surface area contributed by atoms with E-state index in [1.165, 1.54) is 38.5 Å². The molecule has 0 saturated carbocycles. The van der Waals surface area contributed by atoms with Gasteiger partial charge in [0.15, 0.2) is 0 Å². The van der Waals surface area contributed by atoms with Crippen LogP contribution in [-0.4, -0.2) is 43.8 Å². The smallest absolute Gasteiger partial charge is 0.116 e. The number of carbonyl (C=O) groups excluding carboxylic acids is 2.